The number of nitrogens with two attached hydrogens (primary N) is 1. The maximum Gasteiger partial charge on any atom is 0.234 e. The Hall–Kier alpha value is -4.28. The van der Waals surface area contributed by atoms with Gasteiger partial charge >= 0.3 is 0 Å². The molecule has 1 amide bonds. The van der Waals surface area contributed by atoms with E-state index in [1.54, 1.807) is 21.3 Å². The highest BCUT2D eigenvalue weighted by atomic mass is 32.2. The maximum absolute atomic E-state index is 12.6. The number of aromatic nitrogens is 1. The van der Waals surface area contributed by atoms with Crippen LogP contribution in [0.2, 0.25) is 0 Å². The van der Waals surface area contributed by atoms with Crippen LogP contribution in [0.15, 0.2) is 84.0 Å². The molecule has 1 aliphatic rings. The summed E-state index contributed by atoms with van der Waals surface area (Å²) in [5, 5.41) is 10.6. The predicted molar refractivity (Wildman–Crippen MR) is 159 cm³/mol. The summed E-state index contributed by atoms with van der Waals surface area (Å²) in [6.45, 7) is 0. The normalized spacial score (nSPS) is 15.4. The summed E-state index contributed by atoms with van der Waals surface area (Å²) in [5.41, 5.74) is 10.3. The van der Waals surface area contributed by atoms with Crippen LogP contribution in [0.3, 0.4) is 0 Å². The van der Waals surface area contributed by atoms with E-state index >= 15 is 0 Å². The average molecular weight is 558 g/mol. The quantitative estimate of drug-likeness (QED) is 0.261. The summed E-state index contributed by atoms with van der Waals surface area (Å²) in [7, 11) is 4.88. The first-order chi connectivity index (χ1) is 19.5. The van der Waals surface area contributed by atoms with Crippen molar-refractivity contribution >= 4 is 40.0 Å². The highest BCUT2D eigenvalue weighted by Gasteiger charge is 2.35. The molecule has 2 unspecified atom stereocenters. The fraction of sp³-hybridized carbons (Fsp3) is 0.233. The summed E-state index contributed by atoms with van der Waals surface area (Å²) in [4.78, 5) is 17.4. The minimum atomic E-state index is -0.604. The minimum absolute atomic E-state index is 0.140. The molecule has 0 saturated carbocycles. The first-order valence-electron chi connectivity index (χ1n) is 12.7. The Morgan fingerprint density at radius 1 is 1.00 bits per heavy atom. The molecule has 1 aliphatic heterocycles. The van der Waals surface area contributed by atoms with Gasteiger partial charge in [-0.2, -0.15) is 5.10 Å². The highest BCUT2D eigenvalue weighted by molar-refractivity contribution is 8.00. The van der Waals surface area contributed by atoms with Gasteiger partial charge in [0.25, 0.3) is 0 Å². The van der Waals surface area contributed by atoms with Crippen LogP contribution in [0.25, 0.3) is 10.9 Å². The third-order valence-corrected chi connectivity index (χ3v) is 7.62. The van der Waals surface area contributed by atoms with Crippen LogP contribution in [0.1, 0.15) is 23.6 Å². The number of carbonyl (C=O) groups excluding carboxylic acids is 1. The van der Waals surface area contributed by atoms with Crippen LogP contribution in [-0.2, 0) is 4.79 Å². The van der Waals surface area contributed by atoms with E-state index in [0.717, 1.165) is 44.9 Å². The van der Waals surface area contributed by atoms with E-state index in [1.807, 2.05) is 83.9 Å². The second-order valence-electron chi connectivity index (χ2n) is 9.14. The predicted octanol–water partition coefficient (Wildman–Crippen LogP) is 5.03. The van der Waals surface area contributed by atoms with Crippen molar-refractivity contribution in [2.24, 2.45) is 10.8 Å². The number of thioether (sulfide) groups is 1. The zero-order valence-electron chi connectivity index (χ0n) is 22.5. The highest BCUT2D eigenvalue weighted by Crippen LogP contribution is 2.40. The van der Waals surface area contributed by atoms with E-state index in [4.69, 9.17) is 30.0 Å². The molecule has 0 bridgehead atoms. The van der Waals surface area contributed by atoms with E-state index in [9.17, 15) is 4.79 Å². The van der Waals surface area contributed by atoms with Crippen molar-refractivity contribution in [3.8, 4) is 17.4 Å². The Morgan fingerprint density at radius 3 is 2.42 bits per heavy atom. The number of nitrogens with one attached hydrogen (secondary N) is 1. The molecular formula is C30H31N5O4S. The van der Waals surface area contributed by atoms with Gasteiger partial charge < -0.3 is 25.3 Å². The van der Waals surface area contributed by atoms with Gasteiger partial charge in [-0.3, -0.25) is 9.80 Å². The van der Waals surface area contributed by atoms with E-state index in [0.29, 0.717) is 12.3 Å². The van der Waals surface area contributed by atoms with Crippen molar-refractivity contribution in [1.82, 2.24) is 9.99 Å². The second-order valence-corrected chi connectivity index (χ2v) is 10.2. The monoisotopic (exact) mass is 557 g/mol. The average Bonchev–Trinajstić information content (AvgIpc) is 3.45. The first-order valence-corrected chi connectivity index (χ1v) is 13.8. The van der Waals surface area contributed by atoms with Crippen LogP contribution < -0.4 is 25.3 Å². The Labute approximate surface area is 237 Å². The van der Waals surface area contributed by atoms with Gasteiger partial charge in [-0.1, -0.05) is 18.2 Å². The van der Waals surface area contributed by atoms with Gasteiger partial charge in [-0.05, 0) is 66.2 Å². The number of para-hydroxylation sites is 1. The smallest absolute Gasteiger partial charge is 0.234 e. The lowest BCUT2D eigenvalue weighted by atomic mass is 9.98. The Morgan fingerprint density at radius 2 is 1.73 bits per heavy atom. The largest absolute Gasteiger partial charge is 0.497 e. The molecule has 0 aliphatic carbocycles. The number of carbonyl (C=O) groups is 1. The number of pyridine rings is 1. The summed E-state index contributed by atoms with van der Waals surface area (Å²) in [6, 6.07) is 24.6. The Kier molecular flexibility index (Phi) is 8.37. The van der Waals surface area contributed by atoms with Crippen molar-refractivity contribution in [1.29, 1.82) is 0 Å². The van der Waals surface area contributed by atoms with E-state index < -0.39 is 5.50 Å². The van der Waals surface area contributed by atoms with Crippen molar-refractivity contribution < 1.29 is 19.0 Å². The van der Waals surface area contributed by atoms with E-state index in [-0.39, 0.29) is 17.7 Å². The molecule has 2 atom stereocenters. The number of anilines is 1. The zero-order valence-corrected chi connectivity index (χ0v) is 23.4. The Bertz CT molecular complexity index is 1510. The van der Waals surface area contributed by atoms with Crippen LogP contribution in [0.4, 0.5) is 5.69 Å². The van der Waals surface area contributed by atoms with Gasteiger partial charge in [0.05, 0.1) is 44.4 Å². The maximum atomic E-state index is 12.6. The number of nitrogens with zero attached hydrogens (tertiary/aromatic N) is 3. The molecule has 9 nitrogen and oxygen atoms in total. The molecule has 10 heteroatoms. The number of rotatable bonds is 10. The molecular weight excluding hydrogens is 526 g/mol. The lowest BCUT2D eigenvalue weighted by Crippen LogP contribution is -2.37. The standard InChI is InChI=1S/C30H31N5O4S/c1-37-22-11-9-19(10-12-22)26-17-27(24-16-20-15-23(38-2)13-14-25(20)33-29(24)39-3)35(34-26)30(31)40-18-28(36)32-21-7-5-4-6-8-21/h4-16,27,30H,17-18,31H2,1-3H3,(H,32,36). The second kappa shape index (κ2) is 12.3. The number of hydrogen-bond donors (Lipinski definition) is 2. The molecule has 2 heterocycles. The van der Waals surface area contributed by atoms with E-state index in [1.165, 1.54) is 11.8 Å². The summed E-state index contributed by atoms with van der Waals surface area (Å²) >= 11 is 1.31. The molecule has 0 saturated heterocycles. The van der Waals surface area contributed by atoms with Gasteiger partial charge in [0.1, 0.15) is 17.0 Å². The zero-order chi connectivity index (χ0) is 28.1. The fourth-order valence-electron chi connectivity index (χ4n) is 4.61. The molecule has 4 aromatic rings. The molecule has 0 fully saturated rings. The van der Waals surface area contributed by atoms with Crippen LogP contribution in [-0.4, -0.2) is 54.2 Å². The fourth-order valence-corrected chi connectivity index (χ4v) is 5.35. The van der Waals surface area contributed by atoms with Gasteiger partial charge in [-0.15, -0.1) is 11.8 Å². The van der Waals surface area contributed by atoms with Crippen LogP contribution in [0, 0.1) is 0 Å². The molecule has 40 heavy (non-hydrogen) atoms. The summed E-state index contributed by atoms with van der Waals surface area (Å²) in [5.74, 6) is 2.02. The van der Waals surface area contributed by atoms with E-state index in [2.05, 4.69) is 5.32 Å². The lowest BCUT2D eigenvalue weighted by Gasteiger charge is -2.29. The number of ether oxygens (including phenoxy) is 3. The number of methoxy groups -OCH3 is 3. The number of fused-ring (bicyclic) bond motifs is 1. The van der Waals surface area contributed by atoms with Crippen LogP contribution in [0.5, 0.6) is 17.4 Å². The van der Waals surface area contributed by atoms with Gasteiger partial charge in [-0.25, -0.2) is 4.98 Å². The van der Waals surface area contributed by atoms with Crippen molar-refractivity contribution in [2.75, 3.05) is 32.4 Å². The van der Waals surface area contributed by atoms with Gasteiger partial charge in [0, 0.05) is 23.1 Å². The number of amides is 1. The first kappa shape index (κ1) is 27.3. The molecule has 1 aromatic heterocycles. The molecule has 5 rings (SSSR count). The van der Waals surface area contributed by atoms with Crippen molar-refractivity contribution in [3.05, 3.63) is 90.0 Å². The SMILES string of the molecule is COc1ccc(C2=NN(C(N)SCC(=O)Nc3ccccc3)C(c3cc4cc(OC)ccc4nc3OC)C2)cc1. The van der Waals surface area contributed by atoms with Gasteiger partial charge in [0.2, 0.25) is 11.8 Å². The van der Waals surface area contributed by atoms with Crippen molar-refractivity contribution in [2.45, 2.75) is 18.0 Å². The number of hydrogen-bond acceptors (Lipinski definition) is 9. The summed E-state index contributed by atoms with van der Waals surface area (Å²) < 4.78 is 16.5. The lowest BCUT2D eigenvalue weighted by molar-refractivity contribution is -0.113. The molecule has 206 valence electrons. The van der Waals surface area contributed by atoms with Crippen molar-refractivity contribution in [3.63, 3.8) is 0 Å². The molecule has 0 radical (unpaired) electrons. The minimum Gasteiger partial charge on any atom is -0.497 e. The topological polar surface area (TPSA) is 111 Å². The molecule has 0 spiro atoms. The third kappa shape index (κ3) is 5.98. The molecule has 3 aromatic carbocycles. The number of hydrazone groups is 1. The van der Waals surface area contributed by atoms with Crippen LogP contribution >= 0.6 is 11.8 Å². The Balaban J connectivity index is 1.45. The number of benzene rings is 3. The summed E-state index contributed by atoms with van der Waals surface area (Å²) in [6.07, 6.45) is 0.574. The third-order valence-electron chi connectivity index (χ3n) is 6.64. The molecule has 3 N–H and O–H groups in total. The van der Waals surface area contributed by atoms with Gasteiger partial charge in [0.15, 0.2) is 0 Å².